The molecule has 0 radical (unpaired) electrons. The van der Waals surface area contributed by atoms with Gasteiger partial charge in [0.05, 0.1) is 27.0 Å². The Morgan fingerprint density at radius 3 is 2.53 bits per heavy atom. The van der Waals surface area contributed by atoms with Crippen molar-refractivity contribution >= 4 is 23.7 Å². The molecule has 1 amide bonds. The van der Waals surface area contributed by atoms with Crippen LogP contribution >= 0.6 is 0 Å². The highest BCUT2D eigenvalue weighted by atomic mass is 16.6. The number of ether oxygens (including phenoxy) is 3. The molecule has 3 aliphatic heterocycles. The van der Waals surface area contributed by atoms with Crippen LogP contribution in [0.4, 0.5) is 10.5 Å². The maximum absolute atomic E-state index is 13.3. The second-order valence-electron chi connectivity index (χ2n) is 9.41. The number of rotatable bonds is 3. The molecule has 1 saturated carbocycles. The van der Waals surface area contributed by atoms with Gasteiger partial charge in [-0.05, 0) is 37.4 Å². The SMILES string of the molecule is COC(=O)N1c2c(OC)cccc2C23CCN4CC=CC(C(=O)O)(CCC2C1(O)C(=O)OC)C43. The number of carbonyl (C=O) groups excluding carboxylic acids is 2. The van der Waals surface area contributed by atoms with Crippen molar-refractivity contribution in [3.8, 4) is 5.75 Å². The molecule has 1 aromatic rings. The number of carboxylic acid groups (broad SMARTS) is 1. The topological polar surface area (TPSA) is 126 Å². The Labute approximate surface area is 196 Å². The summed E-state index contributed by atoms with van der Waals surface area (Å²) in [5.41, 5.74) is -3.73. The Hall–Kier alpha value is -3.11. The Morgan fingerprint density at radius 2 is 1.88 bits per heavy atom. The average Bonchev–Trinajstić information content (AvgIpc) is 3.24. The number of carboxylic acids is 1. The molecular formula is C24H28N2O8. The molecule has 2 N–H and O–H groups in total. The van der Waals surface area contributed by atoms with E-state index in [9.17, 15) is 24.6 Å². The maximum Gasteiger partial charge on any atom is 0.417 e. The molecule has 5 rings (SSSR count). The van der Waals surface area contributed by atoms with Gasteiger partial charge in [-0.25, -0.2) is 14.5 Å². The number of hydrogen-bond donors (Lipinski definition) is 2. The summed E-state index contributed by atoms with van der Waals surface area (Å²) in [7, 11) is 3.74. The lowest BCUT2D eigenvalue weighted by Crippen LogP contribution is -2.75. The number of benzene rings is 1. The van der Waals surface area contributed by atoms with Gasteiger partial charge in [0, 0.05) is 23.9 Å². The summed E-state index contributed by atoms with van der Waals surface area (Å²) in [6.45, 7) is 1.14. The van der Waals surface area contributed by atoms with E-state index in [0.29, 0.717) is 25.1 Å². The van der Waals surface area contributed by atoms with Crippen LogP contribution in [0.25, 0.3) is 0 Å². The Kier molecular flexibility index (Phi) is 4.96. The standard InChI is InChI=1S/C24H28N2O8/c1-32-15-7-4-6-14-17(15)26(21(30)34-3)24(31,20(29)33-2)16-8-10-22(19(27)28)9-5-12-25-13-11-23(14,16)18(22)25/h4-7,9,16,18,31H,8,10-13H2,1-3H3,(H,27,28). The fourth-order valence-electron chi connectivity index (χ4n) is 7.27. The number of fused-ring (bicyclic) bond motifs is 1. The highest BCUT2D eigenvalue weighted by Crippen LogP contribution is 2.67. The first-order valence-electron chi connectivity index (χ1n) is 11.3. The van der Waals surface area contributed by atoms with Gasteiger partial charge in [-0.2, -0.15) is 0 Å². The van der Waals surface area contributed by atoms with E-state index in [4.69, 9.17) is 14.2 Å². The van der Waals surface area contributed by atoms with Crippen LogP contribution in [0.5, 0.6) is 5.75 Å². The zero-order chi connectivity index (χ0) is 24.5. The summed E-state index contributed by atoms with van der Waals surface area (Å²) >= 11 is 0. The number of anilines is 1. The lowest BCUT2D eigenvalue weighted by Gasteiger charge is -2.62. The molecule has 4 aliphatic rings. The molecule has 1 aromatic carbocycles. The molecule has 10 heteroatoms. The van der Waals surface area contributed by atoms with Gasteiger partial charge in [-0.15, -0.1) is 0 Å². The number of nitrogens with zero attached hydrogens (tertiary/aromatic N) is 2. The van der Waals surface area contributed by atoms with Gasteiger partial charge in [0.15, 0.2) is 0 Å². The summed E-state index contributed by atoms with van der Waals surface area (Å²) < 4.78 is 15.6. The third-order valence-corrected chi connectivity index (χ3v) is 8.39. The number of aliphatic carboxylic acids is 1. The largest absolute Gasteiger partial charge is 0.495 e. The summed E-state index contributed by atoms with van der Waals surface area (Å²) in [5.74, 6) is -2.53. The van der Waals surface area contributed by atoms with E-state index in [1.54, 1.807) is 18.2 Å². The summed E-state index contributed by atoms with van der Waals surface area (Å²) in [6.07, 6.45) is 3.57. The van der Waals surface area contributed by atoms with E-state index < -0.39 is 46.5 Å². The van der Waals surface area contributed by atoms with Crippen molar-refractivity contribution < 1.29 is 38.8 Å². The molecule has 1 saturated heterocycles. The molecule has 34 heavy (non-hydrogen) atoms. The minimum atomic E-state index is -2.43. The molecule has 1 spiro atoms. The number of aliphatic hydroxyl groups is 1. The van der Waals surface area contributed by atoms with Gasteiger partial charge in [0.25, 0.3) is 5.72 Å². The predicted octanol–water partition coefficient (Wildman–Crippen LogP) is 1.51. The van der Waals surface area contributed by atoms with Crippen LogP contribution in [0.3, 0.4) is 0 Å². The summed E-state index contributed by atoms with van der Waals surface area (Å²) in [5, 5.41) is 22.6. The molecule has 1 aliphatic carbocycles. The van der Waals surface area contributed by atoms with Crippen LogP contribution in [0.2, 0.25) is 0 Å². The number of hydrogen-bond acceptors (Lipinski definition) is 8. The van der Waals surface area contributed by atoms with E-state index >= 15 is 0 Å². The van der Waals surface area contributed by atoms with Crippen LogP contribution < -0.4 is 9.64 Å². The zero-order valence-electron chi connectivity index (χ0n) is 19.3. The molecule has 5 atom stereocenters. The summed E-state index contributed by atoms with van der Waals surface area (Å²) in [4.78, 5) is 42.3. The minimum Gasteiger partial charge on any atom is -0.495 e. The van der Waals surface area contributed by atoms with Crippen molar-refractivity contribution in [3.63, 3.8) is 0 Å². The fraction of sp³-hybridized carbons (Fsp3) is 0.542. The second-order valence-corrected chi connectivity index (χ2v) is 9.41. The molecule has 0 bridgehead atoms. The third-order valence-electron chi connectivity index (χ3n) is 8.39. The lowest BCUT2D eigenvalue weighted by molar-refractivity contribution is -0.183. The predicted molar refractivity (Wildman–Crippen MR) is 118 cm³/mol. The van der Waals surface area contributed by atoms with Crippen LogP contribution in [0, 0.1) is 11.3 Å². The Morgan fingerprint density at radius 1 is 1.12 bits per heavy atom. The number of methoxy groups -OCH3 is 3. The smallest absolute Gasteiger partial charge is 0.417 e. The first kappa shape index (κ1) is 22.7. The monoisotopic (exact) mass is 472 g/mol. The van der Waals surface area contributed by atoms with Crippen molar-refractivity contribution in [1.82, 2.24) is 4.90 Å². The average molecular weight is 472 g/mol. The van der Waals surface area contributed by atoms with Gasteiger partial charge < -0.3 is 24.4 Å². The molecule has 0 aromatic heterocycles. The first-order valence-corrected chi connectivity index (χ1v) is 11.3. The number of carbonyl (C=O) groups is 3. The molecule has 182 valence electrons. The highest BCUT2D eigenvalue weighted by Gasteiger charge is 2.75. The van der Waals surface area contributed by atoms with Crippen molar-refractivity contribution in [2.45, 2.75) is 36.4 Å². The van der Waals surface area contributed by atoms with E-state index in [0.717, 1.165) is 12.0 Å². The quantitative estimate of drug-likeness (QED) is 0.497. The molecule has 5 unspecified atom stereocenters. The first-order chi connectivity index (χ1) is 16.2. The second kappa shape index (κ2) is 7.44. The lowest BCUT2D eigenvalue weighted by atomic mass is 9.47. The van der Waals surface area contributed by atoms with Crippen molar-refractivity contribution in [1.29, 1.82) is 0 Å². The third kappa shape index (κ3) is 2.44. The Bertz CT molecular complexity index is 1100. The van der Waals surface area contributed by atoms with Crippen molar-refractivity contribution in [2.24, 2.45) is 11.3 Å². The number of para-hydroxylation sites is 1. The molecular weight excluding hydrogens is 444 g/mol. The molecule has 3 heterocycles. The highest BCUT2D eigenvalue weighted by molar-refractivity contribution is 6.02. The van der Waals surface area contributed by atoms with Crippen LogP contribution in [-0.4, -0.2) is 79.3 Å². The van der Waals surface area contributed by atoms with Crippen LogP contribution in [0.15, 0.2) is 30.4 Å². The van der Waals surface area contributed by atoms with Gasteiger partial charge in [0.1, 0.15) is 11.2 Å². The van der Waals surface area contributed by atoms with Crippen LogP contribution in [-0.2, 0) is 24.5 Å². The van der Waals surface area contributed by atoms with E-state index in [2.05, 4.69) is 4.90 Å². The molecule has 10 nitrogen and oxygen atoms in total. The Balaban J connectivity index is 1.89. The normalized spacial score (nSPS) is 35.6. The van der Waals surface area contributed by atoms with E-state index in [1.165, 1.54) is 14.2 Å². The zero-order valence-corrected chi connectivity index (χ0v) is 19.3. The van der Waals surface area contributed by atoms with E-state index in [-0.39, 0.29) is 24.3 Å². The summed E-state index contributed by atoms with van der Waals surface area (Å²) in [6, 6.07) is 4.70. The van der Waals surface area contributed by atoms with Gasteiger partial charge in [-0.1, -0.05) is 24.3 Å². The number of amides is 1. The van der Waals surface area contributed by atoms with Crippen molar-refractivity contribution in [3.05, 3.63) is 35.9 Å². The van der Waals surface area contributed by atoms with Gasteiger partial charge >= 0.3 is 18.0 Å². The van der Waals surface area contributed by atoms with Gasteiger partial charge in [-0.3, -0.25) is 9.69 Å². The number of esters is 1. The maximum atomic E-state index is 13.3. The fourth-order valence-corrected chi connectivity index (χ4v) is 7.27. The van der Waals surface area contributed by atoms with Crippen LogP contribution in [0.1, 0.15) is 24.8 Å². The van der Waals surface area contributed by atoms with Crippen molar-refractivity contribution in [2.75, 3.05) is 39.3 Å². The van der Waals surface area contributed by atoms with Gasteiger partial charge in [0.2, 0.25) is 0 Å². The van der Waals surface area contributed by atoms with E-state index in [1.807, 2.05) is 12.1 Å². The minimum absolute atomic E-state index is 0.177. The molecule has 2 fully saturated rings.